The Morgan fingerprint density at radius 2 is 1.47 bits per heavy atom. The lowest BCUT2D eigenvalue weighted by Gasteiger charge is -2.16. The van der Waals surface area contributed by atoms with Gasteiger partial charge < -0.3 is 10.1 Å². The molecule has 1 heterocycles. The summed E-state index contributed by atoms with van der Waals surface area (Å²) in [6.45, 7) is 1.95. The highest BCUT2D eigenvalue weighted by Crippen LogP contribution is 2.34. The highest BCUT2D eigenvalue weighted by atomic mass is 19.1. The summed E-state index contributed by atoms with van der Waals surface area (Å²) in [6.07, 6.45) is 0. The smallest absolute Gasteiger partial charge is 0.282 e. The number of carbonyl (C=O) groups excluding carboxylic acids is 2. The van der Waals surface area contributed by atoms with E-state index in [-0.39, 0.29) is 17.1 Å². The lowest BCUT2D eigenvalue weighted by Crippen LogP contribution is -2.32. The van der Waals surface area contributed by atoms with E-state index in [4.69, 9.17) is 4.74 Å². The van der Waals surface area contributed by atoms with Crippen LogP contribution in [0.2, 0.25) is 0 Å². The molecule has 5 nitrogen and oxygen atoms in total. The maximum Gasteiger partial charge on any atom is 0.282 e. The third-order valence-corrected chi connectivity index (χ3v) is 4.87. The third kappa shape index (κ3) is 3.55. The van der Waals surface area contributed by atoms with Gasteiger partial charge in [0.1, 0.15) is 17.3 Å². The van der Waals surface area contributed by atoms with Gasteiger partial charge in [0, 0.05) is 5.69 Å². The number of carbonyl (C=O) groups is 2. The van der Waals surface area contributed by atoms with E-state index in [0.29, 0.717) is 22.7 Å². The van der Waals surface area contributed by atoms with Crippen molar-refractivity contribution in [2.45, 2.75) is 6.92 Å². The number of halogens is 1. The van der Waals surface area contributed by atoms with Crippen LogP contribution in [0.3, 0.4) is 0 Å². The SMILES string of the molecule is COc1ccc(N2C(=O)C(Nc3ccc(F)cc3)=C(c3ccc(C)cc3)C2=O)cc1. The Morgan fingerprint density at radius 3 is 2.07 bits per heavy atom. The summed E-state index contributed by atoms with van der Waals surface area (Å²) in [4.78, 5) is 27.7. The molecule has 1 aliphatic heterocycles. The predicted octanol–water partition coefficient (Wildman–Crippen LogP) is 4.54. The van der Waals surface area contributed by atoms with Crippen molar-refractivity contribution in [3.05, 3.63) is 95.4 Å². The molecule has 0 aromatic heterocycles. The Labute approximate surface area is 173 Å². The minimum Gasteiger partial charge on any atom is -0.497 e. The van der Waals surface area contributed by atoms with Gasteiger partial charge in [-0.3, -0.25) is 9.59 Å². The number of hydrogen-bond donors (Lipinski definition) is 1. The normalized spacial score (nSPS) is 13.8. The van der Waals surface area contributed by atoms with Crippen LogP contribution in [0.1, 0.15) is 11.1 Å². The van der Waals surface area contributed by atoms with Gasteiger partial charge >= 0.3 is 0 Å². The molecule has 0 spiro atoms. The topological polar surface area (TPSA) is 58.6 Å². The van der Waals surface area contributed by atoms with Gasteiger partial charge in [0.05, 0.1) is 18.4 Å². The van der Waals surface area contributed by atoms with Gasteiger partial charge in [-0.25, -0.2) is 9.29 Å². The molecule has 0 aliphatic carbocycles. The molecule has 0 bridgehead atoms. The number of hydrogen-bond acceptors (Lipinski definition) is 4. The van der Waals surface area contributed by atoms with Crippen molar-refractivity contribution in [1.29, 1.82) is 0 Å². The second-order valence-electron chi connectivity index (χ2n) is 6.89. The van der Waals surface area contributed by atoms with Crippen LogP contribution in [0.25, 0.3) is 5.57 Å². The fraction of sp³-hybridized carbons (Fsp3) is 0.0833. The van der Waals surface area contributed by atoms with Gasteiger partial charge in [0.15, 0.2) is 0 Å². The molecular formula is C24H19FN2O3. The summed E-state index contributed by atoms with van der Waals surface area (Å²) < 4.78 is 18.4. The van der Waals surface area contributed by atoms with Crippen LogP contribution in [0, 0.1) is 12.7 Å². The van der Waals surface area contributed by atoms with E-state index in [0.717, 1.165) is 10.5 Å². The summed E-state index contributed by atoms with van der Waals surface area (Å²) in [5, 5.41) is 3.01. The van der Waals surface area contributed by atoms with Crippen LogP contribution < -0.4 is 15.0 Å². The molecule has 3 aromatic carbocycles. The highest BCUT2D eigenvalue weighted by molar-refractivity contribution is 6.46. The Hall–Kier alpha value is -3.93. The Kier molecular flexibility index (Phi) is 5.06. The van der Waals surface area contributed by atoms with E-state index in [1.54, 1.807) is 43.5 Å². The first kappa shape index (κ1) is 19.4. The molecule has 0 saturated heterocycles. The molecule has 4 rings (SSSR count). The first-order valence-electron chi connectivity index (χ1n) is 9.34. The lowest BCUT2D eigenvalue weighted by atomic mass is 10.0. The average molecular weight is 402 g/mol. The van der Waals surface area contributed by atoms with Crippen molar-refractivity contribution in [3.8, 4) is 5.75 Å². The van der Waals surface area contributed by atoms with Crippen molar-refractivity contribution in [3.63, 3.8) is 0 Å². The molecule has 0 radical (unpaired) electrons. The first-order valence-corrected chi connectivity index (χ1v) is 9.34. The molecule has 0 saturated carbocycles. The third-order valence-electron chi connectivity index (χ3n) is 4.87. The van der Waals surface area contributed by atoms with Crippen molar-refractivity contribution in [2.24, 2.45) is 0 Å². The zero-order valence-electron chi connectivity index (χ0n) is 16.5. The van der Waals surface area contributed by atoms with Gasteiger partial charge in [-0.15, -0.1) is 0 Å². The van der Waals surface area contributed by atoms with Crippen molar-refractivity contribution in [1.82, 2.24) is 0 Å². The standard InChI is InChI=1S/C24H19FN2O3/c1-15-3-5-16(6-4-15)21-22(26-18-9-7-17(25)8-10-18)24(29)27(23(21)28)19-11-13-20(30-2)14-12-19/h3-14,26H,1-2H3. The summed E-state index contributed by atoms with van der Waals surface area (Å²) in [5.41, 5.74) is 3.02. The predicted molar refractivity (Wildman–Crippen MR) is 114 cm³/mol. The second kappa shape index (κ2) is 7.83. The molecule has 0 fully saturated rings. The minimum absolute atomic E-state index is 0.145. The second-order valence-corrected chi connectivity index (χ2v) is 6.89. The number of aryl methyl sites for hydroxylation is 1. The van der Waals surface area contributed by atoms with Gasteiger partial charge in [0.2, 0.25) is 0 Å². The van der Waals surface area contributed by atoms with Gasteiger partial charge in [-0.1, -0.05) is 29.8 Å². The molecule has 6 heteroatoms. The monoisotopic (exact) mass is 402 g/mol. The summed E-state index contributed by atoms with van der Waals surface area (Å²) in [5.74, 6) is -0.681. The zero-order valence-corrected chi connectivity index (χ0v) is 16.5. The molecule has 0 unspecified atom stereocenters. The van der Waals surface area contributed by atoms with E-state index in [1.165, 1.54) is 24.3 Å². The van der Waals surface area contributed by atoms with E-state index in [9.17, 15) is 14.0 Å². The summed E-state index contributed by atoms with van der Waals surface area (Å²) in [7, 11) is 1.54. The number of imide groups is 1. The van der Waals surface area contributed by atoms with E-state index < -0.39 is 11.8 Å². The fourth-order valence-corrected chi connectivity index (χ4v) is 3.28. The largest absolute Gasteiger partial charge is 0.497 e. The Morgan fingerprint density at radius 1 is 0.833 bits per heavy atom. The van der Waals surface area contributed by atoms with Gasteiger partial charge in [-0.05, 0) is 61.0 Å². The number of methoxy groups -OCH3 is 1. The molecular weight excluding hydrogens is 383 g/mol. The number of rotatable bonds is 5. The molecule has 30 heavy (non-hydrogen) atoms. The highest BCUT2D eigenvalue weighted by Gasteiger charge is 2.40. The molecule has 1 aliphatic rings. The number of nitrogens with one attached hydrogen (secondary N) is 1. The quantitative estimate of drug-likeness (QED) is 0.637. The van der Waals surface area contributed by atoms with Crippen molar-refractivity contribution in [2.75, 3.05) is 17.3 Å². The number of amides is 2. The summed E-state index contributed by atoms with van der Waals surface area (Å²) >= 11 is 0. The Balaban J connectivity index is 1.78. The Bertz CT molecular complexity index is 1130. The number of anilines is 2. The molecule has 150 valence electrons. The number of nitrogens with zero attached hydrogens (tertiary/aromatic N) is 1. The average Bonchev–Trinajstić information content (AvgIpc) is 3.00. The van der Waals surface area contributed by atoms with Crippen molar-refractivity contribution >= 4 is 28.8 Å². The molecule has 3 aromatic rings. The summed E-state index contributed by atoms with van der Waals surface area (Å²) in [6, 6.07) is 19.7. The lowest BCUT2D eigenvalue weighted by molar-refractivity contribution is -0.120. The maximum absolute atomic E-state index is 13.3. The van der Waals surface area contributed by atoms with Crippen LogP contribution >= 0.6 is 0 Å². The van der Waals surface area contributed by atoms with Crippen LogP contribution in [0.5, 0.6) is 5.75 Å². The van der Waals surface area contributed by atoms with E-state index in [1.807, 2.05) is 19.1 Å². The van der Waals surface area contributed by atoms with Gasteiger partial charge in [0.25, 0.3) is 11.8 Å². The minimum atomic E-state index is -0.481. The fourth-order valence-electron chi connectivity index (χ4n) is 3.28. The van der Waals surface area contributed by atoms with Crippen LogP contribution in [0.4, 0.5) is 15.8 Å². The van der Waals surface area contributed by atoms with Crippen LogP contribution in [0.15, 0.2) is 78.5 Å². The number of ether oxygens (including phenoxy) is 1. The maximum atomic E-state index is 13.3. The molecule has 0 atom stereocenters. The first-order chi connectivity index (χ1) is 14.5. The zero-order chi connectivity index (χ0) is 21.3. The number of benzene rings is 3. The van der Waals surface area contributed by atoms with Gasteiger partial charge in [-0.2, -0.15) is 0 Å². The van der Waals surface area contributed by atoms with Crippen LogP contribution in [-0.2, 0) is 9.59 Å². The van der Waals surface area contributed by atoms with Crippen LogP contribution in [-0.4, -0.2) is 18.9 Å². The molecule has 2 amide bonds. The van der Waals surface area contributed by atoms with E-state index in [2.05, 4.69) is 5.32 Å². The molecule has 1 N–H and O–H groups in total. The van der Waals surface area contributed by atoms with Crippen molar-refractivity contribution < 1.29 is 18.7 Å². The van der Waals surface area contributed by atoms with E-state index >= 15 is 0 Å².